The highest BCUT2D eigenvalue weighted by Crippen LogP contribution is 2.39. The van der Waals surface area contributed by atoms with Gasteiger partial charge in [-0.05, 0) is 36.8 Å². The van der Waals surface area contributed by atoms with Crippen LogP contribution in [-0.2, 0) is 9.53 Å². The van der Waals surface area contributed by atoms with Crippen LogP contribution in [0.5, 0.6) is 11.5 Å². The van der Waals surface area contributed by atoms with Crippen LogP contribution >= 0.6 is 11.6 Å². The molecule has 1 N–H and O–H groups in total. The molecule has 0 aromatic heterocycles. The topological polar surface area (TPSA) is 77.1 Å². The van der Waals surface area contributed by atoms with Gasteiger partial charge in [-0.1, -0.05) is 23.7 Å². The normalized spacial score (nSPS) is 18.2. The quantitative estimate of drug-likeness (QED) is 0.793. The third-order valence-corrected chi connectivity index (χ3v) is 4.96. The maximum absolute atomic E-state index is 12.9. The Morgan fingerprint density at radius 1 is 1.18 bits per heavy atom. The highest BCUT2D eigenvalue weighted by atomic mass is 35.5. The van der Waals surface area contributed by atoms with Crippen molar-refractivity contribution in [3.8, 4) is 11.5 Å². The number of esters is 1. The van der Waals surface area contributed by atoms with Gasteiger partial charge in [-0.2, -0.15) is 0 Å². The van der Waals surface area contributed by atoms with Crippen molar-refractivity contribution in [1.82, 2.24) is 5.32 Å². The first-order valence-electron chi connectivity index (χ1n) is 8.54. The average Bonchev–Trinajstić information content (AvgIpc) is 3.15. The Balaban J connectivity index is 1.81. The van der Waals surface area contributed by atoms with E-state index in [0.29, 0.717) is 33.5 Å². The molecule has 0 fully saturated rings. The molecule has 4 rings (SSSR count). The van der Waals surface area contributed by atoms with Gasteiger partial charge in [0, 0.05) is 16.8 Å². The van der Waals surface area contributed by atoms with E-state index in [1.54, 1.807) is 49.4 Å². The van der Waals surface area contributed by atoms with Crippen molar-refractivity contribution in [1.29, 1.82) is 0 Å². The number of urea groups is 1. The van der Waals surface area contributed by atoms with Crippen molar-refractivity contribution >= 4 is 29.3 Å². The van der Waals surface area contributed by atoms with E-state index in [0.717, 1.165) is 5.56 Å². The summed E-state index contributed by atoms with van der Waals surface area (Å²) < 4.78 is 15.7. The van der Waals surface area contributed by atoms with Crippen molar-refractivity contribution in [2.75, 3.05) is 18.8 Å². The van der Waals surface area contributed by atoms with Crippen molar-refractivity contribution in [3.05, 3.63) is 64.3 Å². The number of carbonyl (C=O) groups is 2. The summed E-state index contributed by atoms with van der Waals surface area (Å²) in [5, 5.41) is 3.44. The Hall–Kier alpha value is -3.19. The number of allylic oxidation sites excluding steroid dienone is 1. The zero-order chi connectivity index (χ0) is 19.8. The summed E-state index contributed by atoms with van der Waals surface area (Å²) in [6.07, 6.45) is 0. The molecule has 8 heteroatoms. The zero-order valence-corrected chi connectivity index (χ0v) is 15.9. The number of carbonyl (C=O) groups excluding carboxylic acids is 2. The molecule has 0 saturated heterocycles. The molecule has 0 spiro atoms. The van der Waals surface area contributed by atoms with Crippen LogP contribution in [0.3, 0.4) is 0 Å². The monoisotopic (exact) mass is 400 g/mol. The Morgan fingerprint density at radius 2 is 1.89 bits per heavy atom. The molecule has 2 aliphatic heterocycles. The third-order valence-electron chi connectivity index (χ3n) is 4.71. The molecule has 28 heavy (non-hydrogen) atoms. The van der Waals surface area contributed by atoms with Crippen molar-refractivity contribution in [2.24, 2.45) is 0 Å². The van der Waals surface area contributed by atoms with E-state index in [4.69, 9.17) is 25.8 Å². The van der Waals surface area contributed by atoms with Gasteiger partial charge in [-0.3, -0.25) is 4.90 Å². The van der Waals surface area contributed by atoms with Gasteiger partial charge in [0.25, 0.3) is 0 Å². The van der Waals surface area contributed by atoms with E-state index in [9.17, 15) is 9.59 Å². The molecule has 2 heterocycles. The van der Waals surface area contributed by atoms with E-state index >= 15 is 0 Å². The Labute approximate surface area is 166 Å². The number of anilines is 1. The highest BCUT2D eigenvalue weighted by Gasteiger charge is 2.37. The zero-order valence-electron chi connectivity index (χ0n) is 15.2. The molecule has 2 aliphatic rings. The molecule has 2 amide bonds. The van der Waals surface area contributed by atoms with E-state index in [2.05, 4.69) is 5.32 Å². The van der Waals surface area contributed by atoms with Gasteiger partial charge in [-0.15, -0.1) is 0 Å². The SMILES string of the molecule is COC(=O)C1=C(C)N(c2ccc3c(c2)OCO3)C(=O)N[C@H]1c1ccc(Cl)cc1. The predicted octanol–water partition coefficient (Wildman–Crippen LogP) is 3.79. The van der Waals surface area contributed by atoms with Crippen LogP contribution < -0.4 is 19.7 Å². The molecule has 1 atom stereocenters. The van der Waals surface area contributed by atoms with Gasteiger partial charge < -0.3 is 19.5 Å². The fourth-order valence-electron chi connectivity index (χ4n) is 3.36. The minimum atomic E-state index is -0.650. The van der Waals surface area contributed by atoms with Gasteiger partial charge in [0.1, 0.15) is 0 Å². The van der Waals surface area contributed by atoms with Crippen molar-refractivity contribution in [2.45, 2.75) is 13.0 Å². The molecule has 0 radical (unpaired) electrons. The number of benzene rings is 2. The third kappa shape index (κ3) is 3.03. The number of ether oxygens (including phenoxy) is 3. The second-order valence-electron chi connectivity index (χ2n) is 6.30. The van der Waals surface area contributed by atoms with Crippen LogP contribution in [0.4, 0.5) is 10.5 Å². The van der Waals surface area contributed by atoms with Crippen molar-refractivity contribution < 1.29 is 23.8 Å². The van der Waals surface area contributed by atoms with Crippen LogP contribution in [0.25, 0.3) is 0 Å². The molecular weight excluding hydrogens is 384 g/mol. The first-order chi connectivity index (χ1) is 13.5. The first-order valence-corrected chi connectivity index (χ1v) is 8.92. The summed E-state index contributed by atoms with van der Waals surface area (Å²) in [5.74, 6) is 0.621. The molecule has 0 saturated carbocycles. The molecule has 2 aromatic carbocycles. The average molecular weight is 401 g/mol. The summed E-state index contributed by atoms with van der Waals surface area (Å²) >= 11 is 5.96. The predicted molar refractivity (Wildman–Crippen MR) is 102 cm³/mol. The maximum Gasteiger partial charge on any atom is 0.337 e. The minimum Gasteiger partial charge on any atom is -0.466 e. The molecule has 2 aromatic rings. The van der Waals surface area contributed by atoms with E-state index in [-0.39, 0.29) is 12.8 Å². The largest absolute Gasteiger partial charge is 0.466 e. The van der Waals surface area contributed by atoms with E-state index in [1.807, 2.05) is 0 Å². The molecule has 144 valence electrons. The summed E-state index contributed by atoms with van der Waals surface area (Å²) in [7, 11) is 1.31. The number of hydrogen-bond acceptors (Lipinski definition) is 5. The molecule has 7 nitrogen and oxygen atoms in total. The van der Waals surface area contributed by atoms with Crippen LogP contribution in [0.15, 0.2) is 53.7 Å². The van der Waals surface area contributed by atoms with Gasteiger partial charge in [0.05, 0.1) is 24.4 Å². The van der Waals surface area contributed by atoms with Crippen molar-refractivity contribution in [3.63, 3.8) is 0 Å². The lowest BCUT2D eigenvalue weighted by atomic mass is 9.94. The first kappa shape index (κ1) is 18.2. The number of nitrogens with zero attached hydrogens (tertiary/aromatic N) is 1. The number of amides is 2. The summed E-state index contributed by atoms with van der Waals surface area (Å²) in [6.45, 7) is 1.84. The number of methoxy groups -OCH3 is 1. The lowest BCUT2D eigenvalue weighted by Gasteiger charge is -2.35. The highest BCUT2D eigenvalue weighted by molar-refractivity contribution is 6.30. The fraction of sp³-hybridized carbons (Fsp3) is 0.200. The number of nitrogens with one attached hydrogen (secondary N) is 1. The lowest BCUT2D eigenvalue weighted by Crippen LogP contribution is -2.48. The number of hydrogen-bond donors (Lipinski definition) is 1. The van der Waals surface area contributed by atoms with Gasteiger partial charge in [0.15, 0.2) is 11.5 Å². The number of fused-ring (bicyclic) bond motifs is 1. The fourth-order valence-corrected chi connectivity index (χ4v) is 3.48. The number of rotatable bonds is 3. The second-order valence-corrected chi connectivity index (χ2v) is 6.73. The van der Waals surface area contributed by atoms with Crippen LogP contribution in [0.1, 0.15) is 18.5 Å². The molecule has 0 aliphatic carbocycles. The smallest absolute Gasteiger partial charge is 0.337 e. The van der Waals surface area contributed by atoms with Crippen LogP contribution in [0.2, 0.25) is 5.02 Å². The van der Waals surface area contributed by atoms with Crippen LogP contribution in [0, 0.1) is 0 Å². The van der Waals surface area contributed by atoms with E-state index in [1.165, 1.54) is 12.0 Å². The van der Waals surface area contributed by atoms with Crippen LogP contribution in [-0.4, -0.2) is 25.9 Å². The maximum atomic E-state index is 12.9. The number of halogens is 1. The van der Waals surface area contributed by atoms with Gasteiger partial charge >= 0.3 is 12.0 Å². The Kier molecular flexibility index (Phi) is 4.60. The Bertz CT molecular complexity index is 987. The summed E-state index contributed by atoms with van der Waals surface area (Å²) in [6, 6.07) is 11.1. The second kappa shape index (κ2) is 7.09. The molecule has 0 bridgehead atoms. The molecular formula is C20H17ClN2O5. The standard InChI is InChI=1S/C20H17ClN2O5/c1-11-17(19(24)26-2)18(12-3-5-13(21)6-4-12)22-20(25)23(11)14-7-8-15-16(9-14)28-10-27-15/h3-9,18H,10H2,1-2H3,(H,22,25)/t18-/m0/s1. The summed E-state index contributed by atoms with van der Waals surface area (Å²) in [5.41, 5.74) is 2.08. The molecule has 0 unspecified atom stereocenters. The van der Waals surface area contributed by atoms with Gasteiger partial charge in [-0.25, -0.2) is 9.59 Å². The Morgan fingerprint density at radius 3 is 2.61 bits per heavy atom. The van der Waals surface area contributed by atoms with Gasteiger partial charge in [0.2, 0.25) is 6.79 Å². The lowest BCUT2D eigenvalue weighted by molar-refractivity contribution is -0.136. The van der Waals surface area contributed by atoms with E-state index < -0.39 is 12.0 Å². The minimum absolute atomic E-state index is 0.131. The summed E-state index contributed by atoms with van der Waals surface area (Å²) in [4.78, 5) is 26.9.